The van der Waals surface area contributed by atoms with Gasteiger partial charge in [0, 0.05) is 12.7 Å². The van der Waals surface area contributed by atoms with Gasteiger partial charge in [-0.25, -0.2) is 0 Å². The summed E-state index contributed by atoms with van der Waals surface area (Å²) < 4.78 is 5.31. The Balaban J connectivity index is 2.51. The van der Waals surface area contributed by atoms with Crippen molar-refractivity contribution in [2.24, 2.45) is 0 Å². The number of benzene rings is 1. The van der Waals surface area contributed by atoms with E-state index in [0.29, 0.717) is 24.3 Å². The van der Waals surface area contributed by atoms with Gasteiger partial charge in [0.2, 0.25) is 0 Å². The molecule has 0 spiro atoms. The zero-order chi connectivity index (χ0) is 14.3. The first kappa shape index (κ1) is 16.0. The van der Waals surface area contributed by atoms with Crippen LogP contribution in [-0.2, 0) is 4.79 Å². The second-order valence-corrected chi connectivity index (χ2v) is 5.41. The van der Waals surface area contributed by atoms with E-state index in [0.717, 1.165) is 17.5 Å². The summed E-state index contributed by atoms with van der Waals surface area (Å²) in [5, 5.41) is 19.9. The van der Waals surface area contributed by atoms with Gasteiger partial charge in [0.15, 0.2) is 5.12 Å². The Bertz CT molecular complexity index is 391. The first-order valence-electron chi connectivity index (χ1n) is 6.26. The lowest BCUT2D eigenvalue weighted by Crippen LogP contribution is -2.19. The molecule has 0 saturated carbocycles. The fourth-order valence-corrected chi connectivity index (χ4v) is 2.28. The molecular weight excluding hydrogens is 264 g/mol. The lowest BCUT2D eigenvalue weighted by molar-refractivity contribution is -0.109. The number of ether oxygens (including phenoxy) is 1. The zero-order valence-corrected chi connectivity index (χ0v) is 12.0. The minimum atomic E-state index is -0.941. The number of hydrogen-bond donors (Lipinski definition) is 2. The molecule has 19 heavy (non-hydrogen) atoms. The van der Waals surface area contributed by atoms with Crippen LogP contribution in [0.2, 0.25) is 0 Å². The average Bonchev–Trinajstić information content (AvgIpc) is 2.38. The third kappa shape index (κ3) is 5.63. The van der Waals surface area contributed by atoms with Crippen molar-refractivity contribution in [3.63, 3.8) is 0 Å². The van der Waals surface area contributed by atoms with Gasteiger partial charge in [-0.15, -0.1) is 0 Å². The third-order valence-corrected chi connectivity index (χ3v) is 3.46. The topological polar surface area (TPSA) is 66.8 Å². The Labute approximate surface area is 117 Å². The molecule has 106 valence electrons. The van der Waals surface area contributed by atoms with Crippen LogP contribution < -0.4 is 4.74 Å². The van der Waals surface area contributed by atoms with Crippen LogP contribution in [0.5, 0.6) is 5.75 Å². The second-order valence-electron chi connectivity index (χ2n) is 4.14. The molecule has 1 rings (SSSR count). The van der Waals surface area contributed by atoms with Gasteiger partial charge in [-0.2, -0.15) is 0 Å². The molecule has 0 aliphatic carbocycles. The van der Waals surface area contributed by atoms with Crippen molar-refractivity contribution in [3.05, 3.63) is 29.8 Å². The van der Waals surface area contributed by atoms with Crippen molar-refractivity contribution in [3.8, 4) is 5.75 Å². The molecule has 0 aliphatic rings. The molecule has 0 aromatic heterocycles. The highest BCUT2D eigenvalue weighted by Gasteiger charge is 2.18. The predicted molar refractivity (Wildman–Crippen MR) is 76.3 cm³/mol. The molecule has 2 atom stereocenters. The van der Waals surface area contributed by atoms with Crippen molar-refractivity contribution >= 4 is 16.9 Å². The predicted octanol–water partition coefficient (Wildman–Crippen LogP) is 2.15. The summed E-state index contributed by atoms with van der Waals surface area (Å²) in [6.45, 7) is 3.98. The fourth-order valence-electron chi connectivity index (χ4n) is 1.63. The van der Waals surface area contributed by atoms with Crippen molar-refractivity contribution in [1.29, 1.82) is 0 Å². The number of hydrogen-bond acceptors (Lipinski definition) is 5. The van der Waals surface area contributed by atoms with E-state index in [1.165, 1.54) is 6.92 Å². The fraction of sp³-hybridized carbons (Fsp3) is 0.500. The number of carbonyl (C=O) groups is 1. The van der Waals surface area contributed by atoms with Crippen LogP contribution in [0.15, 0.2) is 24.3 Å². The molecule has 2 unspecified atom stereocenters. The zero-order valence-electron chi connectivity index (χ0n) is 11.2. The van der Waals surface area contributed by atoms with Crippen LogP contribution in [0, 0.1) is 0 Å². The van der Waals surface area contributed by atoms with Gasteiger partial charge in [-0.1, -0.05) is 23.9 Å². The first-order chi connectivity index (χ1) is 9.04. The van der Waals surface area contributed by atoms with Gasteiger partial charge in [0.25, 0.3) is 0 Å². The van der Waals surface area contributed by atoms with Gasteiger partial charge in [0.1, 0.15) is 11.9 Å². The Morgan fingerprint density at radius 1 is 1.32 bits per heavy atom. The minimum Gasteiger partial charge on any atom is -0.494 e. The first-order valence-corrected chi connectivity index (χ1v) is 7.25. The van der Waals surface area contributed by atoms with E-state index in [4.69, 9.17) is 4.74 Å². The van der Waals surface area contributed by atoms with E-state index in [2.05, 4.69) is 0 Å². The van der Waals surface area contributed by atoms with Gasteiger partial charge in [-0.3, -0.25) is 4.79 Å². The smallest absolute Gasteiger partial charge is 0.185 e. The standard InChI is InChI=1S/C14H20O4S/c1-3-18-12-6-4-11(5-7-12)14(17)13(16)8-9-19-10(2)15/h4-7,13-14,16-17H,3,8-9H2,1-2H3. The second kappa shape index (κ2) is 8.19. The molecule has 0 amide bonds. The van der Waals surface area contributed by atoms with Gasteiger partial charge in [-0.05, 0) is 31.0 Å². The molecule has 0 fully saturated rings. The Morgan fingerprint density at radius 2 is 1.95 bits per heavy atom. The molecule has 0 bridgehead atoms. The summed E-state index contributed by atoms with van der Waals surface area (Å²) in [4.78, 5) is 10.8. The van der Waals surface area contributed by atoms with Crippen LogP contribution in [0.3, 0.4) is 0 Å². The van der Waals surface area contributed by atoms with E-state index < -0.39 is 12.2 Å². The van der Waals surface area contributed by atoms with E-state index in [1.54, 1.807) is 24.3 Å². The summed E-state index contributed by atoms with van der Waals surface area (Å²) in [6, 6.07) is 6.99. The highest BCUT2D eigenvalue weighted by Crippen LogP contribution is 2.22. The molecule has 0 radical (unpaired) electrons. The van der Waals surface area contributed by atoms with Crippen LogP contribution >= 0.6 is 11.8 Å². The molecular formula is C14H20O4S. The monoisotopic (exact) mass is 284 g/mol. The van der Waals surface area contributed by atoms with E-state index in [9.17, 15) is 15.0 Å². The summed E-state index contributed by atoms with van der Waals surface area (Å²) in [7, 11) is 0. The molecule has 4 nitrogen and oxygen atoms in total. The minimum absolute atomic E-state index is 0.0164. The quantitative estimate of drug-likeness (QED) is 0.803. The van der Waals surface area contributed by atoms with E-state index >= 15 is 0 Å². The Morgan fingerprint density at radius 3 is 2.47 bits per heavy atom. The summed E-state index contributed by atoms with van der Waals surface area (Å²) >= 11 is 1.15. The maximum Gasteiger partial charge on any atom is 0.185 e. The third-order valence-electron chi connectivity index (χ3n) is 2.62. The largest absolute Gasteiger partial charge is 0.494 e. The Hall–Kier alpha value is -1.04. The average molecular weight is 284 g/mol. The maximum atomic E-state index is 10.8. The number of aliphatic hydroxyl groups is 2. The molecule has 5 heteroatoms. The van der Waals surface area contributed by atoms with Crippen molar-refractivity contribution in [2.75, 3.05) is 12.4 Å². The van der Waals surface area contributed by atoms with Crippen LogP contribution in [-0.4, -0.2) is 33.8 Å². The van der Waals surface area contributed by atoms with E-state index in [-0.39, 0.29) is 5.12 Å². The molecule has 1 aromatic carbocycles. The van der Waals surface area contributed by atoms with Gasteiger partial charge < -0.3 is 14.9 Å². The van der Waals surface area contributed by atoms with Crippen molar-refractivity contribution in [2.45, 2.75) is 32.5 Å². The normalized spacial score (nSPS) is 13.9. The van der Waals surface area contributed by atoms with Crippen molar-refractivity contribution in [1.82, 2.24) is 0 Å². The molecule has 0 heterocycles. The Kier molecular flexibility index (Phi) is 6.91. The summed E-state index contributed by atoms with van der Waals surface area (Å²) in [6.07, 6.45) is -1.44. The molecule has 0 saturated heterocycles. The van der Waals surface area contributed by atoms with Crippen LogP contribution in [0.1, 0.15) is 31.9 Å². The highest BCUT2D eigenvalue weighted by molar-refractivity contribution is 8.13. The number of aliphatic hydroxyl groups excluding tert-OH is 2. The lowest BCUT2D eigenvalue weighted by atomic mass is 10.0. The number of thioether (sulfide) groups is 1. The molecule has 2 N–H and O–H groups in total. The maximum absolute atomic E-state index is 10.8. The summed E-state index contributed by atoms with van der Waals surface area (Å²) in [5.41, 5.74) is 0.642. The van der Waals surface area contributed by atoms with Gasteiger partial charge in [0.05, 0.1) is 12.7 Å². The van der Waals surface area contributed by atoms with Crippen molar-refractivity contribution < 1.29 is 19.7 Å². The molecule has 1 aromatic rings. The summed E-state index contributed by atoms with van der Waals surface area (Å²) in [5.74, 6) is 1.24. The molecule has 0 aliphatic heterocycles. The van der Waals surface area contributed by atoms with Gasteiger partial charge >= 0.3 is 0 Å². The van der Waals surface area contributed by atoms with E-state index in [1.807, 2.05) is 6.92 Å². The highest BCUT2D eigenvalue weighted by atomic mass is 32.2. The number of carbonyl (C=O) groups excluding carboxylic acids is 1. The van der Waals surface area contributed by atoms with Crippen LogP contribution in [0.25, 0.3) is 0 Å². The SMILES string of the molecule is CCOc1ccc(C(O)C(O)CCSC(C)=O)cc1. The lowest BCUT2D eigenvalue weighted by Gasteiger charge is -2.18. The number of rotatable bonds is 7. The van der Waals surface area contributed by atoms with Crippen LogP contribution in [0.4, 0.5) is 0 Å².